The molecular weight excluding hydrogens is 452 g/mol. The van der Waals surface area contributed by atoms with Crippen molar-refractivity contribution in [3.8, 4) is 5.69 Å². The fourth-order valence-corrected chi connectivity index (χ4v) is 4.14. The third-order valence-corrected chi connectivity index (χ3v) is 5.92. The quantitative estimate of drug-likeness (QED) is 0.203. The Labute approximate surface area is 208 Å². The van der Waals surface area contributed by atoms with E-state index in [1.54, 1.807) is 24.4 Å². The van der Waals surface area contributed by atoms with Crippen LogP contribution in [-0.2, 0) is 11.3 Å². The Hall–Kier alpha value is -4.91. The standard InChI is InChI=1S/C29H24N4O3/c1-36-29(35)23-8-6-7-21(17-23)19-33-20-24(26-9-2-3-10-27(26)33)18-30-31-28(34)22-11-13-25(14-12-22)32-15-4-5-16-32/h2-18,20H,19H2,1H3,(H,31,34). The first-order valence-electron chi connectivity index (χ1n) is 11.4. The number of para-hydroxylation sites is 1. The number of hydrazone groups is 1. The van der Waals surface area contributed by atoms with Crippen molar-refractivity contribution in [3.05, 3.63) is 126 Å². The van der Waals surface area contributed by atoms with Gasteiger partial charge in [-0.05, 0) is 60.2 Å². The van der Waals surface area contributed by atoms with Crippen molar-refractivity contribution in [1.29, 1.82) is 0 Å². The lowest BCUT2D eigenvalue weighted by atomic mass is 10.1. The van der Waals surface area contributed by atoms with Crippen LogP contribution in [0.4, 0.5) is 0 Å². The van der Waals surface area contributed by atoms with E-state index < -0.39 is 0 Å². The zero-order valence-corrected chi connectivity index (χ0v) is 19.7. The number of aromatic nitrogens is 2. The van der Waals surface area contributed by atoms with E-state index in [0.29, 0.717) is 17.7 Å². The summed E-state index contributed by atoms with van der Waals surface area (Å²) in [6.07, 6.45) is 7.53. The lowest BCUT2D eigenvalue weighted by molar-refractivity contribution is 0.0600. The molecular formula is C29H24N4O3. The predicted molar refractivity (Wildman–Crippen MR) is 140 cm³/mol. The summed E-state index contributed by atoms with van der Waals surface area (Å²) in [7, 11) is 1.37. The molecule has 0 aliphatic carbocycles. The highest BCUT2D eigenvalue weighted by atomic mass is 16.5. The Morgan fingerprint density at radius 3 is 2.47 bits per heavy atom. The number of amides is 1. The molecule has 7 nitrogen and oxygen atoms in total. The largest absolute Gasteiger partial charge is 0.465 e. The molecule has 0 unspecified atom stereocenters. The number of carbonyl (C=O) groups excluding carboxylic acids is 2. The number of nitrogens with one attached hydrogen (secondary N) is 1. The van der Waals surface area contributed by atoms with Gasteiger partial charge in [-0.25, -0.2) is 10.2 Å². The van der Waals surface area contributed by atoms with Crippen LogP contribution in [-0.4, -0.2) is 34.3 Å². The molecule has 0 aliphatic heterocycles. The third-order valence-electron chi connectivity index (χ3n) is 5.92. The number of rotatable bonds is 7. The van der Waals surface area contributed by atoms with Gasteiger partial charge in [-0.2, -0.15) is 5.10 Å². The second-order valence-corrected chi connectivity index (χ2v) is 8.26. The van der Waals surface area contributed by atoms with Crippen molar-refractivity contribution in [2.45, 2.75) is 6.54 Å². The molecule has 0 aliphatic rings. The highest BCUT2D eigenvalue weighted by molar-refractivity contribution is 6.00. The average Bonchev–Trinajstić information content (AvgIpc) is 3.58. The molecule has 36 heavy (non-hydrogen) atoms. The molecule has 178 valence electrons. The van der Waals surface area contributed by atoms with Gasteiger partial charge in [-0.15, -0.1) is 0 Å². The van der Waals surface area contributed by atoms with Crippen molar-refractivity contribution in [2.75, 3.05) is 7.11 Å². The van der Waals surface area contributed by atoms with Crippen LogP contribution in [0.5, 0.6) is 0 Å². The van der Waals surface area contributed by atoms with E-state index in [2.05, 4.69) is 15.1 Å². The summed E-state index contributed by atoms with van der Waals surface area (Å²) in [5.74, 6) is -0.647. The van der Waals surface area contributed by atoms with Gasteiger partial charge < -0.3 is 13.9 Å². The maximum atomic E-state index is 12.6. The van der Waals surface area contributed by atoms with Gasteiger partial charge in [0.05, 0.1) is 18.9 Å². The van der Waals surface area contributed by atoms with Gasteiger partial charge >= 0.3 is 5.97 Å². The number of benzene rings is 3. The molecule has 1 amide bonds. The van der Waals surface area contributed by atoms with Crippen molar-refractivity contribution in [2.24, 2.45) is 5.10 Å². The van der Waals surface area contributed by atoms with E-state index in [1.807, 2.05) is 89.9 Å². The minimum Gasteiger partial charge on any atom is -0.465 e. The molecule has 0 saturated carbocycles. The molecule has 0 fully saturated rings. The second-order valence-electron chi connectivity index (χ2n) is 8.26. The monoisotopic (exact) mass is 476 g/mol. The van der Waals surface area contributed by atoms with Crippen LogP contribution in [0, 0.1) is 0 Å². The molecule has 0 spiro atoms. The maximum absolute atomic E-state index is 12.6. The minimum absolute atomic E-state index is 0.284. The van der Waals surface area contributed by atoms with Crippen LogP contribution in [0.1, 0.15) is 31.8 Å². The predicted octanol–water partition coefficient (Wildman–Crippen LogP) is 5.03. The fourth-order valence-electron chi connectivity index (χ4n) is 4.14. The van der Waals surface area contributed by atoms with E-state index in [-0.39, 0.29) is 11.9 Å². The summed E-state index contributed by atoms with van der Waals surface area (Å²) in [5, 5.41) is 5.21. The molecule has 3 aromatic carbocycles. The zero-order valence-electron chi connectivity index (χ0n) is 19.7. The first-order valence-corrected chi connectivity index (χ1v) is 11.4. The number of fused-ring (bicyclic) bond motifs is 1. The number of ether oxygens (including phenoxy) is 1. The fraction of sp³-hybridized carbons (Fsp3) is 0.0690. The SMILES string of the molecule is COC(=O)c1cccc(Cn2cc(C=NNC(=O)c3ccc(-n4cccc4)cc3)c3ccccc32)c1. The van der Waals surface area contributed by atoms with Crippen molar-refractivity contribution in [1.82, 2.24) is 14.6 Å². The molecule has 0 radical (unpaired) electrons. The molecule has 2 heterocycles. The Balaban J connectivity index is 1.32. The molecule has 5 aromatic rings. The van der Waals surface area contributed by atoms with Crippen LogP contribution in [0.3, 0.4) is 0 Å². The van der Waals surface area contributed by atoms with Crippen molar-refractivity contribution < 1.29 is 14.3 Å². The maximum Gasteiger partial charge on any atom is 0.337 e. The van der Waals surface area contributed by atoms with Crippen LogP contribution >= 0.6 is 0 Å². The molecule has 0 atom stereocenters. The molecule has 5 rings (SSSR count). The van der Waals surface area contributed by atoms with Gasteiger partial charge in [0.1, 0.15) is 0 Å². The normalized spacial score (nSPS) is 11.1. The van der Waals surface area contributed by atoms with Gasteiger partial charge in [0.2, 0.25) is 0 Å². The van der Waals surface area contributed by atoms with E-state index in [0.717, 1.165) is 27.7 Å². The number of methoxy groups -OCH3 is 1. The van der Waals surface area contributed by atoms with Crippen LogP contribution in [0.25, 0.3) is 16.6 Å². The first kappa shape index (κ1) is 22.9. The minimum atomic E-state index is -0.364. The number of carbonyl (C=O) groups is 2. The smallest absolute Gasteiger partial charge is 0.337 e. The van der Waals surface area contributed by atoms with E-state index in [9.17, 15) is 9.59 Å². The van der Waals surface area contributed by atoms with E-state index in [4.69, 9.17) is 4.74 Å². The van der Waals surface area contributed by atoms with Crippen LogP contribution in [0.15, 0.2) is 109 Å². The van der Waals surface area contributed by atoms with E-state index >= 15 is 0 Å². The number of hydrogen-bond donors (Lipinski definition) is 1. The van der Waals surface area contributed by atoms with Gasteiger partial charge in [0.25, 0.3) is 5.91 Å². The summed E-state index contributed by atoms with van der Waals surface area (Å²) in [6, 6.07) is 26.6. The summed E-state index contributed by atoms with van der Waals surface area (Å²) in [5.41, 5.74) is 7.49. The summed E-state index contributed by atoms with van der Waals surface area (Å²) >= 11 is 0. The highest BCUT2D eigenvalue weighted by Crippen LogP contribution is 2.22. The third kappa shape index (κ3) is 4.81. The van der Waals surface area contributed by atoms with Gasteiger partial charge in [-0.3, -0.25) is 4.79 Å². The Morgan fingerprint density at radius 2 is 1.69 bits per heavy atom. The topological polar surface area (TPSA) is 77.6 Å². The molecule has 1 N–H and O–H groups in total. The Morgan fingerprint density at radius 1 is 0.917 bits per heavy atom. The summed E-state index contributed by atoms with van der Waals surface area (Å²) in [4.78, 5) is 24.5. The van der Waals surface area contributed by atoms with Gasteiger partial charge in [0, 0.05) is 52.9 Å². The number of nitrogens with zero attached hydrogens (tertiary/aromatic N) is 3. The van der Waals surface area contributed by atoms with Crippen LogP contribution in [0.2, 0.25) is 0 Å². The lowest BCUT2D eigenvalue weighted by Crippen LogP contribution is -2.17. The lowest BCUT2D eigenvalue weighted by Gasteiger charge is -2.07. The van der Waals surface area contributed by atoms with Gasteiger partial charge in [0.15, 0.2) is 0 Å². The van der Waals surface area contributed by atoms with Crippen LogP contribution < -0.4 is 5.43 Å². The molecule has 2 aromatic heterocycles. The molecule has 0 bridgehead atoms. The summed E-state index contributed by atoms with van der Waals surface area (Å²) < 4.78 is 8.90. The second kappa shape index (κ2) is 10.1. The van der Waals surface area contributed by atoms with Crippen molar-refractivity contribution in [3.63, 3.8) is 0 Å². The van der Waals surface area contributed by atoms with Gasteiger partial charge in [-0.1, -0.05) is 30.3 Å². The molecule has 0 saturated heterocycles. The summed E-state index contributed by atoms with van der Waals surface area (Å²) in [6.45, 7) is 0.569. The van der Waals surface area contributed by atoms with E-state index in [1.165, 1.54) is 7.11 Å². The molecule has 7 heteroatoms. The van der Waals surface area contributed by atoms with Crippen molar-refractivity contribution >= 4 is 29.0 Å². The highest BCUT2D eigenvalue weighted by Gasteiger charge is 2.10. The first-order chi connectivity index (χ1) is 17.6. The zero-order chi connectivity index (χ0) is 24.9. The number of esters is 1. The average molecular weight is 477 g/mol. The number of hydrogen-bond acceptors (Lipinski definition) is 4. The Bertz CT molecular complexity index is 1550. The Kier molecular flexibility index (Phi) is 6.44.